The summed E-state index contributed by atoms with van der Waals surface area (Å²) in [6, 6.07) is 10.4. The van der Waals surface area contributed by atoms with Crippen LogP contribution in [0.5, 0.6) is 0 Å². The van der Waals surface area contributed by atoms with Crippen LogP contribution in [0.15, 0.2) is 30.3 Å². The van der Waals surface area contributed by atoms with E-state index in [1.54, 1.807) is 0 Å². The second-order valence-corrected chi connectivity index (χ2v) is 4.80. The number of aryl methyl sites for hydroxylation is 1. The number of fused-ring (bicyclic) bond motifs is 1. The van der Waals surface area contributed by atoms with Crippen LogP contribution in [-0.2, 0) is 24.8 Å². The molecule has 108 valence electrons. The van der Waals surface area contributed by atoms with Crippen molar-refractivity contribution < 1.29 is 4.74 Å². The van der Waals surface area contributed by atoms with Gasteiger partial charge < -0.3 is 10.1 Å². The van der Waals surface area contributed by atoms with Gasteiger partial charge in [-0.1, -0.05) is 35.5 Å². The minimum Gasteiger partial charge on any atom is -0.375 e. The Bertz CT molecular complexity index is 543. The highest BCUT2D eigenvalue weighted by molar-refractivity contribution is 5.85. The highest BCUT2D eigenvalue weighted by atomic mass is 35.5. The molecule has 1 aromatic carbocycles. The minimum absolute atomic E-state index is 0. The molecule has 6 heteroatoms. The zero-order valence-electron chi connectivity index (χ0n) is 11.5. The maximum Gasteiger partial charge on any atom is 0.105 e. The Hall–Kier alpha value is -1.43. The lowest BCUT2D eigenvalue weighted by atomic mass is 10.1. The third-order valence-electron chi connectivity index (χ3n) is 3.45. The first-order valence-corrected chi connectivity index (χ1v) is 6.58. The predicted molar refractivity (Wildman–Crippen MR) is 78.8 cm³/mol. The Morgan fingerprint density at radius 2 is 2.15 bits per heavy atom. The molecule has 0 bridgehead atoms. The summed E-state index contributed by atoms with van der Waals surface area (Å²) in [5.74, 6) is 0. The van der Waals surface area contributed by atoms with Crippen LogP contribution in [0.4, 0.5) is 0 Å². The Kier molecular flexibility index (Phi) is 5.11. The van der Waals surface area contributed by atoms with E-state index >= 15 is 0 Å². The summed E-state index contributed by atoms with van der Waals surface area (Å²) in [4.78, 5) is 0. The summed E-state index contributed by atoms with van der Waals surface area (Å²) in [5.41, 5.74) is 3.44. The largest absolute Gasteiger partial charge is 0.375 e. The van der Waals surface area contributed by atoms with Gasteiger partial charge in [-0.2, -0.15) is 0 Å². The molecule has 0 radical (unpaired) electrons. The SMILES string of the molecule is Cl.Cn1nnc2c1CCNC2COCc1ccccc1. The fourth-order valence-electron chi connectivity index (χ4n) is 2.42. The van der Waals surface area contributed by atoms with Crippen LogP contribution in [0.3, 0.4) is 0 Å². The molecule has 0 amide bonds. The van der Waals surface area contributed by atoms with Crippen molar-refractivity contribution in [1.29, 1.82) is 0 Å². The number of hydrogen-bond donors (Lipinski definition) is 1. The highest BCUT2D eigenvalue weighted by Gasteiger charge is 2.24. The van der Waals surface area contributed by atoms with Gasteiger partial charge in [0, 0.05) is 20.0 Å². The second-order valence-electron chi connectivity index (χ2n) is 4.80. The van der Waals surface area contributed by atoms with Crippen molar-refractivity contribution in [3.63, 3.8) is 0 Å². The number of rotatable bonds is 4. The number of nitrogens with zero attached hydrogens (tertiary/aromatic N) is 3. The number of halogens is 1. The molecule has 0 spiro atoms. The number of ether oxygens (including phenoxy) is 1. The van der Waals surface area contributed by atoms with Crippen molar-refractivity contribution in [3.8, 4) is 0 Å². The van der Waals surface area contributed by atoms with E-state index in [4.69, 9.17) is 4.74 Å². The average Bonchev–Trinajstić information content (AvgIpc) is 2.83. The van der Waals surface area contributed by atoms with Gasteiger partial charge in [0.05, 0.1) is 24.9 Å². The first-order chi connectivity index (χ1) is 9.34. The molecule has 1 aromatic heterocycles. The first kappa shape index (κ1) is 15.0. The van der Waals surface area contributed by atoms with E-state index in [1.165, 1.54) is 11.3 Å². The van der Waals surface area contributed by atoms with Crippen molar-refractivity contribution in [2.45, 2.75) is 19.1 Å². The van der Waals surface area contributed by atoms with Crippen LogP contribution in [0.1, 0.15) is 23.0 Å². The van der Waals surface area contributed by atoms with E-state index in [-0.39, 0.29) is 18.4 Å². The van der Waals surface area contributed by atoms with Crippen molar-refractivity contribution in [3.05, 3.63) is 47.3 Å². The van der Waals surface area contributed by atoms with E-state index in [1.807, 2.05) is 29.9 Å². The van der Waals surface area contributed by atoms with Gasteiger partial charge in [-0.3, -0.25) is 4.68 Å². The maximum atomic E-state index is 5.79. The summed E-state index contributed by atoms with van der Waals surface area (Å²) in [5, 5.41) is 11.8. The fraction of sp³-hybridized carbons (Fsp3) is 0.429. The molecular weight excluding hydrogens is 276 g/mol. The van der Waals surface area contributed by atoms with Gasteiger partial charge in [-0.05, 0) is 5.56 Å². The Morgan fingerprint density at radius 1 is 1.35 bits per heavy atom. The number of nitrogens with one attached hydrogen (secondary N) is 1. The van der Waals surface area contributed by atoms with Crippen LogP contribution in [0, 0.1) is 0 Å². The van der Waals surface area contributed by atoms with Crippen LogP contribution < -0.4 is 5.32 Å². The van der Waals surface area contributed by atoms with Gasteiger partial charge >= 0.3 is 0 Å². The second kappa shape index (κ2) is 6.83. The van der Waals surface area contributed by atoms with E-state index in [2.05, 4.69) is 27.8 Å². The van der Waals surface area contributed by atoms with Crippen molar-refractivity contribution in [2.75, 3.05) is 13.2 Å². The summed E-state index contributed by atoms with van der Waals surface area (Å²) < 4.78 is 7.65. The number of hydrogen-bond acceptors (Lipinski definition) is 4. The number of aromatic nitrogens is 3. The molecule has 0 saturated carbocycles. The zero-order chi connectivity index (χ0) is 13.1. The fourth-order valence-corrected chi connectivity index (χ4v) is 2.42. The molecular formula is C14H19ClN4O. The summed E-state index contributed by atoms with van der Waals surface area (Å²) in [7, 11) is 1.94. The molecule has 2 aromatic rings. The highest BCUT2D eigenvalue weighted by Crippen LogP contribution is 2.20. The van der Waals surface area contributed by atoms with E-state index in [0.717, 1.165) is 18.7 Å². The molecule has 0 fully saturated rings. The normalized spacial score (nSPS) is 17.4. The average molecular weight is 295 g/mol. The van der Waals surface area contributed by atoms with E-state index in [9.17, 15) is 0 Å². The zero-order valence-corrected chi connectivity index (χ0v) is 12.3. The molecule has 2 heterocycles. The van der Waals surface area contributed by atoms with Gasteiger partial charge in [-0.15, -0.1) is 17.5 Å². The smallest absolute Gasteiger partial charge is 0.105 e. The third-order valence-corrected chi connectivity index (χ3v) is 3.45. The lowest BCUT2D eigenvalue weighted by Gasteiger charge is -2.22. The van der Waals surface area contributed by atoms with Crippen LogP contribution in [0.25, 0.3) is 0 Å². The Balaban J connectivity index is 0.00000147. The Labute approximate surface area is 124 Å². The van der Waals surface area contributed by atoms with E-state index in [0.29, 0.717) is 13.2 Å². The van der Waals surface area contributed by atoms with Crippen LogP contribution in [0.2, 0.25) is 0 Å². The number of benzene rings is 1. The molecule has 1 unspecified atom stereocenters. The van der Waals surface area contributed by atoms with Crippen molar-refractivity contribution in [2.24, 2.45) is 7.05 Å². The van der Waals surface area contributed by atoms with Gasteiger partial charge in [0.25, 0.3) is 0 Å². The minimum atomic E-state index is 0. The molecule has 1 N–H and O–H groups in total. The molecule has 1 aliphatic rings. The Morgan fingerprint density at radius 3 is 2.95 bits per heavy atom. The summed E-state index contributed by atoms with van der Waals surface area (Å²) in [6.07, 6.45) is 0.980. The third kappa shape index (κ3) is 3.17. The monoisotopic (exact) mass is 294 g/mol. The lowest BCUT2D eigenvalue weighted by molar-refractivity contribution is 0.0957. The molecule has 5 nitrogen and oxygen atoms in total. The van der Waals surface area contributed by atoms with Gasteiger partial charge in [-0.25, -0.2) is 0 Å². The van der Waals surface area contributed by atoms with Gasteiger partial charge in [0.1, 0.15) is 5.69 Å². The van der Waals surface area contributed by atoms with E-state index < -0.39 is 0 Å². The first-order valence-electron chi connectivity index (χ1n) is 6.58. The molecule has 0 aliphatic carbocycles. The van der Waals surface area contributed by atoms with Crippen LogP contribution >= 0.6 is 12.4 Å². The van der Waals surface area contributed by atoms with Gasteiger partial charge in [0.2, 0.25) is 0 Å². The molecule has 0 saturated heterocycles. The summed E-state index contributed by atoms with van der Waals surface area (Å²) >= 11 is 0. The summed E-state index contributed by atoms with van der Waals surface area (Å²) in [6.45, 7) is 2.21. The predicted octanol–water partition coefficient (Wildman–Crippen LogP) is 1.64. The van der Waals surface area contributed by atoms with Crippen LogP contribution in [-0.4, -0.2) is 28.1 Å². The van der Waals surface area contributed by atoms with Gasteiger partial charge in [0.15, 0.2) is 0 Å². The molecule has 20 heavy (non-hydrogen) atoms. The van der Waals surface area contributed by atoms with Crippen molar-refractivity contribution in [1.82, 2.24) is 20.3 Å². The lowest BCUT2D eigenvalue weighted by Crippen LogP contribution is -2.33. The molecule has 1 aliphatic heterocycles. The quantitative estimate of drug-likeness (QED) is 0.931. The molecule has 1 atom stereocenters. The maximum absolute atomic E-state index is 5.79. The topological polar surface area (TPSA) is 52.0 Å². The standard InChI is InChI=1S/C14H18N4O.ClH/c1-18-13-7-8-15-12(14(13)16-17-18)10-19-9-11-5-3-2-4-6-11;/h2-6,12,15H,7-10H2,1H3;1H. The molecule has 3 rings (SSSR count). The van der Waals surface area contributed by atoms with Crippen molar-refractivity contribution >= 4 is 12.4 Å².